The molecule has 1 aromatic heterocycles. The molecule has 0 unspecified atom stereocenters. The Hall–Kier alpha value is -1.03. The van der Waals surface area contributed by atoms with Crippen molar-refractivity contribution in [1.82, 2.24) is 14.5 Å². The number of rotatable bonds is 1. The van der Waals surface area contributed by atoms with Crippen LogP contribution >= 0.6 is 0 Å². The van der Waals surface area contributed by atoms with E-state index in [-0.39, 0.29) is 0 Å². The predicted molar refractivity (Wildman–Crippen MR) is 52.3 cm³/mol. The van der Waals surface area contributed by atoms with Crippen LogP contribution in [0.5, 0.6) is 0 Å². The van der Waals surface area contributed by atoms with Crippen molar-refractivity contribution in [3.63, 3.8) is 0 Å². The van der Waals surface area contributed by atoms with Crippen molar-refractivity contribution in [3.8, 4) is 0 Å². The quantitative estimate of drug-likeness (QED) is 0.589. The summed E-state index contributed by atoms with van der Waals surface area (Å²) in [6.45, 7) is 2.90. The van der Waals surface area contributed by atoms with Crippen molar-refractivity contribution in [3.05, 3.63) is 18.9 Å². The summed E-state index contributed by atoms with van der Waals surface area (Å²) in [5.41, 5.74) is 1.25. The zero-order chi connectivity index (χ0) is 9.42. The van der Waals surface area contributed by atoms with E-state index in [2.05, 4.69) is 21.5 Å². The van der Waals surface area contributed by atoms with Crippen molar-refractivity contribution < 1.29 is 0 Å². The minimum absolute atomic E-state index is 0.904. The van der Waals surface area contributed by atoms with Gasteiger partial charge in [0.2, 0.25) is 5.95 Å². The lowest BCUT2D eigenvalue weighted by atomic mass is 10.3. The third-order valence-electron chi connectivity index (χ3n) is 2.34. The van der Waals surface area contributed by atoms with E-state index < -0.39 is 0 Å². The number of fused-ring (bicyclic) bond motifs is 1. The summed E-state index contributed by atoms with van der Waals surface area (Å²) < 4.78 is 2.25. The molecule has 4 heteroatoms. The molecule has 0 aromatic carbocycles. The molecule has 0 saturated carbocycles. The molecule has 1 aromatic rings. The maximum Gasteiger partial charge on any atom is 0.205 e. The maximum atomic E-state index is 4.37. The molecule has 4 nitrogen and oxygen atoms in total. The van der Waals surface area contributed by atoms with E-state index in [1.807, 2.05) is 25.2 Å². The Labute approximate surface area is 78.8 Å². The summed E-state index contributed by atoms with van der Waals surface area (Å²) in [5.74, 6) is 1.04. The number of imidazole rings is 1. The molecule has 0 radical (unpaired) electrons. The van der Waals surface area contributed by atoms with Gasteiger partial charge in [-0.15, -0.1) is 0 Å². The van der Waals surface area contributed by atoms with Crippen LogP contribution in [0.15, 0.2) is 6.20 Å². The monoisotopic (exact) mass is 179 g/mol. The molecule has 72 valence electrons. The first-order valence-corrected chi connectivity index (χ1v) is 4.45. The third-order valence-corrected chi connectivity index (χ3v) is 2.34. The van der Waals surface area contributed by atoms with Crippen molar-refractivity contribution in [2.24, 2.45) is 0 Å². The van der Waals surface area contributed by atoms with E-state index >= 15 is 0 Å². The van der Waals surface area contributed by atoms with Crippen LogP contribution in [0.3, 0.4) is 0 Å². The van der Waals surface area contributed by atoms with Gasteiger partial charge in [-0.05, 0) is 6.54 Å². The standard InChI is InChI=1S/C9H15N4/c1-11(2)9-10-6-8-7-12(3)4-5-13(8)9/h6H,3-5,7H2,1-2H3/q-1. The van der Waals surface area contributed by atoms with Crippen LogP contribution in [0.4, 0.5) is 5.95 Å². The van der Waals surface area contributed by atoms with Gasteiger partial charge >= 0.3 is 0 Å². The average molecular weight is 179 g/mol. The van der Waals surface area contributed by atoms with Gasteiger partial charge in [0.05, 0.1) is 11.9 Å². The Kier molecular flexibility index (Phi) is 2.00. The zero-order valence-electron chi connectivity index (χ0n) is 8.19. The molecule has 13 heavy (non-hydrogen) atoms. The fourth-order valence-electron chi connectivity index (χ4n) is 1.68. The molecule has 2 rings (SSSR count). The summed E-state index contributed by atoms with van der Waals surface area (Å²) in [6.07, 6.45) is 1.94. The highest BCUT2D eigenvalue weighted by Crippen LogP contribution is 2.18. The van der Waals surface area contributed by atoms with Crippen LogP contribution in [0, 0.1) is 7.05 Å². The summed E-state index contributed by atoms with van der Waals surface area (Å²) in [7, 11) is 7.97. The second-order valence-electron chi connectivity index (χ2n) is 3.65. The Balaban J connectivity index is 2.33. The average Bonchev–Trinajstić information content (AvgIpc) is 2.46. The van der Waals surface area contributed by atoms with Gasteiger partial charge in [-0.2, -0.15) is 0 Å². The van der Waals surface area contributed by atoms with E-state index in [4.69, 9.17) is 0 Å². The summed E-state index contributed by atoms with van der Waals surface area (Å²) in [6, 6.07) is 0. The van der Waals surface area contributed by atoms with Crippen LogP contribution in [-0.2, 0) is 13.1 Å². The second kappa shape index (κ2) is 3.03. The number of aromatic nitrogens is 2. The van der Waals surface area contributed by atoms with E-state index in [0.29, 0.717) is 0 Å². The van der Waals surface area contributed by atoms with Gasteiger partial charge in [0.1, 0.15) is 0 Å². The highest BCUT2D eigenvalue weighted by atomic mass is 15.3. The number of nitrogens with zero attached hydrogens (tertiary/aromatic N) is 4. The van der Waals surface area contributed by atoms with Gasteiger partial charge in [-0.1, -0.05) is 0 Å². The lowest BCUT2D eigenvalue weighted by molar-refractivity contribution is 0.299. The fraction of sp³-hybridized carbons (Fsp3) is 0.556. The van der Waals surface area contributed by atoms with Gasteiger partial charge in [-0.3, -0.25) is 7.05 Å². The Morgan fingerprint density at radius 1 is 1.46 bits per heavy atom. The topological polar surface area (TPSA) is 24.3 Å². The Morgan fingerprint density at radius 3 is 2.92 bits per heavy atom. The molecule has 2 heterocycles. The molecule has 1 aliphatic heterocycles. The molecule has 0 N–H and O–H groups in total. The summed E-state index contributed by atoms with van der Waals surface area (Å²) >= 11 is 0. The van der Waals surface area contributed by atoms with Crippen molar-refractivity contribution >= 4 is 5.95 Å². The first-order chi connectivity index (χ1) is 6.18. The van der Waals surface area contributed by atoms with Gasteiger partial charge in [0.15, 0.2) is 0 Å². The molecule has 1 aliphatic rings. The molecule has 0 bridgehead atoms. The number of anilines is 1. The Bertz CT molecular complexity index is 303. The number of hydrogen-bond acceptors (Lipinski definition) is 3. The first-order valence-electron chi connectivity index (χ1n) is 4.45. The van der Waals surface area contributed by atoms with E-state index in [9.17, 15) is 0 Å². The maximum absolute atomic E-state index is 4.37. The molecule has 0 spiro atoms. The van der Waals surface area contributed by atoms with Gasteiger partial charge in [0.25, 0.3) is 0 Å². The highest BCUT2D eigenvalue weighted by Gasteiger charge is 2.14. The van der Waals surface area contributed by atoms with Crippen LogP contribution < -0.4 is 4.90 Å². The third kappa shape index (κ3) is 1.42. The molecular formula is C9H15N4-. The van der Waals surface area contributed by atoms with E-state index in [1.165, 1.54) is 5.69 Å². The second-order valence-corrected chi connectivity index (χ2v) is 3.65. The zero-order valence-corrected chi connectivity index (χ0v) is 8.19. The number of hydrogen-bond donors (Lipinski definition) is 0. The van der Waals surface area contributed by atoms with Crippen LogP contribution in [0.25, 0.3) is 0 Å². The SMILES string of the molecule is [CH2-]N1CCn2c(cnc2N(C)C)C1. The predicted octanol–water partition coefficient (Wildman–Crippen LogP) is 0.556. The normalized spacial score (nSPS) is 17.2. The summed E-state index contributed by atoms with van der Waals surface area (Å²) in [4.78, 5) is 8.48. The van der Waals surface area contributed by atoms with E-state index in [1.54, 1.807) is 0 Å². The van der Waals surface area contributed by atoms with Crippen LogP contribution in [0.2, 0.25) is 0 Å². The largest absolute Gasteiger partial charge is 0.453 e. The van der Waals surface area contributed by atoms with Crippen molar-refractivity contribution in [2.75, 3.05) is 25.5 Å². The van der Waals surface area contributed by atoms with Gasteiger partial charge in [0, 0.05) is 27.2 Å². The molecule has 0 atom stereocenters. The molecular weight excluding hydrogens is 164 g/mol. The van der Waals surface area contributed by atoms with Gasteiger partial charge < -0.3 is 14.4 Å². The first kappa shape index (κ1) is 8.56. The smallest absolute Gasteiger partial charge is 0.205 e. The fourth-order valence-corrected chi connectivity index (χ4v) is 1.68. The van der Waals surface area contributed by atoms with Crippen molar-refractivity contribution in [1.29, 1.82) is 0 Å². The molecule has 0 aliphatic carbocycles. The molecule has 0 saturated heterocycles. The highest BCUT2D eigenvalue weighted by molar-refractivity contribution is 5.32. The van der Waals surface area contributed by atoms with Crippen molar-refractivity contribution in [2.45, 2.75) is 13.1 Å². The molecule has 0 amide bonds. The lowest BCUT2D eigenvalue weighted by Gasteiger charge is -2.31. The van der Waals surface area contributed by atoms with Crippen LogP contribution in [0.1, 0.15) is 5.69 Å². The Morgan fingerprint density at radius 2 is 2.23 bits per heavy atom. The molecule has 0 fully saturated rings. The van der Waals surface area contributed by atoms with Gasteiger partial charge in [-0.25, -0.2) is 4.98 Å². The lowest BCUT2D eigenvalue weighted by Crippen LogP contribution is -2.30. The minimum atomic E-state index is 0.904. The minimum Gasteiger partial charge on any atom is -0.453 e. The summed E-state index contributed by atoms with van der Waals surface area (Å²) in [5, 5.41) is 0. The van der Waals surface area contributed by atoms with Crippen LogP contribution in [-0.4, -0.2) is 35.1 Å². The van der Waals surface area contributed by atoms with E-state index in [0.717, 1.165) is 25.6 Å².